The Labute approximate surface area is 129 Å². The Bertz CT molecular complexity index is 488. The number of sulfone groups is 1. The molecule has 0 spiro atoms. The minimum atomic E-state index is -2.97. The summed E-state index contributed by atoms with van der Waals surface area (Å²) in [6, 6.07) is 2.15. The highest BCUT2D eigenvalue weighted by Crippen LogP contribution is 2.19. The molecule has 1 fully saturated rings. The van der Waals surface area contributed by atoms with Crippen LogP contribution in [0.3, 0.4) is 0 Å². The Hall–Kier alpha value is -0.0800. The average molecular weight is 335 g/mol. The van der Waals surface area contributed by atoms with E-state index in [4.69, 9.17) is 0 Å². The molecule has 1 saturated heterocycles. The molecule has 0 aromatic carbocycles. The van der Waals surface area contributed by atoms with Crippen LogP contribution in [-0.4, -0.2) is 62.6 Å². The van der Waals surface area contributed by atoms with Crippen LogP contribution in [0.15, 0.2) is 16.8 Å². The second-order valence-corrected chi connectivity index (χ2v) is 9.16. The van der Waals surface area contributed by atoms with Gasteiger partial charge in [-0.25, -0.2) is 8.42 Å². The smallest absolute Gasteiger partial charge is 0.164 e. The molecular weight excluding hydrogens is 312 g/mol. The van der Waals surface area contributed by atoms with Crippen molar-refractivity contribution in [2.75, 3.05) is 43.9 Å². The summed E-state index contributed by atoms with van der Waals surface area (Å²) in [6.07, 6.45) is 2.38. The lowest BCUT2D eigenvalue weighted by molar-refractivity contribution is 0.270. The SMILES string of the molecule is CS(=O)(=O)C1CSCCN1CCNCCc1ccsc1. The average Bonchev–Trinajstić information content (AvgIpc) is 2.91. The first kappa shape index (κ1) is 16.3. The lowest BCUT2D eigenvalue weighted by Crippen LogP contribution is -2.49. The first-order chi connectivity index (χ1) is 9.57. The molecule has 1 aliphatic rings. The van der Waals surface area contributed by atoms with Crippen LogP contribution in [-0.2, 0) is 16.3 Å². The summed E-state index contributed by atoms with van der Waals surface area (Å²) in [5.41, 5.74) is 1.37. The first-order valence-corrected chi connectivity index (χ1v) is 10.8. The Kier molecular flexibility index (Phi) is 6.35. The molecule has 0 aliphatic carbocycles. The van der Waals surface area contributed by atoms with Crippen molar-refractivity contribution in [3.05, 3.63) is 22.4 Å². The van der Waals surface area contributed by atoms with E-state index >= 15 is 0 Å². The van der Waals surface area contributed by atoms with Crippen molar-refractivity contribution >= 4 is 32.9 Å². The van der Waals surface area contributed by atoms with E-state index in [2.05, 4.69) is 27.0 Å². The van der Waals surface area contributed by atoms with Crippen LogP contribution in [0, 0.1) is 0 Å². The third-order valence-electron chi connectivity index (χ3n) is 3.43. The van der Waals surface area contributed by atoms with Gasteiger partial charge in [0.1, 0.15) is 5.37 Å². The Balaban J connectivity index is 1.69. The zero-order chi connectivity index (χ0) is 14.4. The second kappa shape index (κ2) is 7.79. The molecule has 20 heavy (non-hydrogen) atoms. The topological polar surface area (TPSA) is 49.4 Å². The molecule has 1 aromatic rings. The van der Waals surface area contributed by atoms with Crippen LogP contribution in [0.25, 0.3) is 0 Å². The molecule has 7 heteroatoms. The minimum absolute atomic E-state index is 0.306. The van der Waals surface area contributed by atoms with Gasteiger partial charge >= 0.3 is 0 Å². The third-order valence-corrected chi connectivity index (χ3v) is 6.85. The fourth-order valence-corrected chi connectivity index (χ4v) is 5.96. The summed E-state index contributed by atoms with van der Waals surface area (Å²) in [7, 11) is -2.97. The molecule has 1 aromatic heterocycles. The third kappa shape index (κ3) is 5.04. The van der Waals surface area contributed by atoms with Crippen molar-refractivity contribution in [1.82, 2.24) is 10.2 Å². The minimum Gasteiger partial charge on any atom is -0.315 e. The normalized spacial score (nSPS) is 21.1. The van der Waals surface area contributed by atoms with Gasteiger partial charge < -0.3 is 5.32 Å². The van der Waals surface area contributed by atoms with E-state index in [-0.39, 0.29) is 5.37 Å². The number of nitrogens with zero attached hydrogens (tertiary/aromatic N) is 1. The summed E-state index contributed by atoms with van der Waals surface area (Å²) in [5.74, 6) is 1.73. The second-order valence-electron chi connectivity index (χ2n) is 5.03. The van der Waals surface area contributed by atoms with Crippen LogP contribution in [0.4, 0.5) is 0 Å². The number of thiophene rings is 1. The van der Waals surface area contributed by atoms with Gasteiger partial charge in [-0.15, -0.1) is 0 Å². The van der Waals surface area contributed by atoms with Crippen molar-refractivity contribution in [3.63, 3.8) is 0 Å². The number of thioether (sulfide) groups is 1. The first-order valence-electron chi connectivity index (χ1n) is 6.80. The Morgan fingerprint density at radius 1 is 1.45 bits per heavy atom. The molecule has 1 atom stereocenters. The van der Waals surface area contributed by atoms with Gasteiger partial charge in [-0.2, -0.15) is 23.1 Å². The predicted molar refractivity (Wildman–Crippen MR) is 88.4 cm³/mol. The Morgan fingerprint density at radius 3 is 3.00 bits per heavy atom. The molecule has 1 unspecified atom stereocenters. The lowest BCUT2D eigenvalue weighted by atomic mass is 10.2. The van der Waals surface area contributed by atoms with Crippen LogP contribution >= 0.6 is 23.1 Å². The van der Waals surface area contributed by atoms with E-state index in [1.54, 1.807) is 23.1 Å². The fourth-order valence-electron chi connectivity index (χ4n) is 2.28. The van der Waals surface area contributed by atoms with Gasteiger partial charge in [0, 0.05) is 37.4 Å². The maximum absolute atomic E-state index is 11.8. The molecule has 0 saturated carbocycles. The van der Waals surface area contributed by atoms with Crippen LogP contribution < -0.4 is 5.32 Å². The fraction of sp³-hybridized carbons (Fsp3) is 0.692. The van der Waals surface area contributed by atoms with Gasteiger partial charge in [0.25, 0.3) is 0 Å². The quantitative estimate of drug-likeness (QED) is 0.762. The molecule has 2 heterocycles. The zero-order valence-corrected chi connectivity index (χ0v) is 14.2. The van der Waals surface area contributed by atoms with Crippen molar-refractivity contribution < 1.29 is 8.42 Å². The summed E-state index contributed by atoms with van der Waals surface area (Å²) < 4.78 is 23.5. The van der Waals surface area contributed by atoms with Crippen molar-refractivity contribution in [3.8, 4) is 0 Å². The van der Waals surface area contributed by atoms with Crippen molar-refractivity contribution in [1.29, 1.82) is 0 Å². The Morgan fingerprint density at radius 2 is 2.30 bits per heavy atom. The number of hydrogen-bond acceptors (Lipinski definition) is 6. The van der Waals surface area contributed by atoms with Crippen LogP contribution in [0.2, 0.25) is 0 Å². The molecule has 1 aliphatic heterocycles. The van der Waals surface area contributed by atoms with E-state index in [1.165, 1.54) is 11.8 Å². The number of hydrogen-bond donors (Lipinski definition) is 1. The highest BCUT2D eigenvalue weighted by atomic mass is 32.2. The molecule has 4 nitrogen and oxygen atoms in total. The highest BCUT2D eigenvalue weighted by Gasteiger charge is 2.30. The zero-order valence-electron chi connectivity index (χ0n) is 11.7. The van der Waals surface area contributed by atoms with E-state index in [0.29, 0.717) is 5.75 Å². The van der Waals surface area contributed by atoms with Gasteiger partial charge in [0.05, 0.1) is 0 Å². The summed E-state index contributed by atoms with van der Waals surface area (Å²) >= 11 is 3.46. The molecule has 0 radical (unpaired) electrons. The van der Waals surface area contributed by atoms with E-state index < -0.39 is 9.84 Å². The monoisotopic (exact) mass is 334 g/mol. The summed E-state index contributed by atoms with van der Waals surface area (Å²) in [5, 5.41) is 7.36. The van der Waals surface area contributed by atoms with Crippen molar-refractivity contribution in [2.45, 2.75) is 11.8 Å². The van der Waals surface area contributed by atoms with Gasteiger partial charge in [0.2, 0.25) is 0 Å². The molecule has 0 bridgehead atoms. The number of nitrogens with one attached hydrogen (secondary N) is 1. The van der Waals surface area contributed by atoms with Crippen molar-refractivity contribution in [2.24, 2.45) is 0 Å². The van der Waals surface area contributed by atoms with Gasteiger partial charge in [-0.05, 0) is 35.4 Å². The number of rotatable bonds is 7. The molecule has 1 N–H and O–H groups in total. The molecule has 114 valence electrons. The molecule has 2 rings (SSSR count). The van der Waals surface area contributed by atoms with Crippen LogP contribution in [0.1, 0.15) is 5.56 Å². The maximum atomic E-state index is 11.8. The predicted octanol–water partition coefficient (Wildman–Crippen LogP) is 1.30. The van der Waals surface area contributed by atoms with Gasteiger partial charge in [-0.1, -0.05) is 0 Å². The highest BCUT2D eigenvalue weighted by molar-refractivity contribution is 8.00. The largest absolute Gasteiger partial charge is 0.315 e. The standard InChI is InChI=1S/C13H22N2O2S3/c1-20(16,17)13-11-19-9-7-15(13)6-5-14-4-2-12-3-8-18-10-12/h3,8,10,13-14H,2,4-7,9,11H2,1H3. The summed E-state index contributed by atoms with van der Waals surface area (Å²) in [6.45, 7) is 3.47. The van der Waals surface area contributed by atoms with Gasteiger partial charge in [0.15, 0.2) is 9.84 Å². The van der Waals surface area contributed by atoms with E-state index in [1.807, 2.05) is 0 Å². The molecule has 0 amide bonds. The van der Waals surface area contributed by atoms with Gasteiger partial charge in [-0.3, -0.25) is 4.90 Å². The van der Waals surface area contributed by atoms with Crippen LogP contribution in [0.5, 0.6) is 0 Å². The van der Waals surface area contributed by atoms with E-state index in [9.17, 15) is 8.42 Å². The van der Waals surface area contributed by atoms with E-state index in [0.717, 1.165) is 38.4 Å². The summed E-state index contributed by atoms with van der Waals surface area (Å²) in [4.78, 5) is 2.10. The maximum Gasteiger partial charge on any atom is 0.164 e. The lowest BCUT2D eigenvalue weighted by Gasteiger charge is -2.33. The molecular formula is C13H22N2O2S3.